The topological polar surface area (TPSA) is 49.6 Å². The van der Waals surface area contributed by atoms with Gasteiger partial charge in [0.25, 0.3) is 0 Å². The van der Waals surface area contributed by atoms with Crippen LogP contribution in [-0.2, 0) is 11.3 Å². The molecule has 0 unspecified atom stereocenters. The van der Waals surface area contributed by atoms with Gasteiger partial charge in [0.2, 0.25) is 5.91 Å². The van der Waals surface area contributed by atoms with Crippen molar-refractivity contribution in [2.45, 2.75) is 19.0 Å². The first kappa shape index (κ1) is 15.4. The Labute approximate surface area is 118 Å². The molecule has 0 bridgehead atoms. The zero-order valence-corrected chi connectivity index (χ0v) is 12.2. The molecular weight excluding hydrogens is 270 g/mol. The average molecular weight is 290 g/mol. The fourth-order valence-electron chi connectivity index (χ4n) is 2.04. The summed E-state index contributed by atoms with van der Waals surface area (Å²) in [5.74, 6) is 0.174. The maximum Gasteiger partial charge on any atom is 0.236 e. The Bertz CT molecular complexity index is 371. The first-order valence-electron chi connectivity index (χ1n) is 5.89. The number of rotatable bonds is 4. The largest absolute Gasteiger partial charge is 0.340 e. The third-order valence-electron chi connectivity index (χ3n) is 3.07. The van der Waals surface area contributed by atoms with E-state index in [2.05, 4.69) is 11.0 Å². The van der Waals surface area contributed by atoms with Crippen LogP contribution in [0.3, 0.4) is 0 Å². The van der Waals surface area contributed by atoms with E-state index < -0.39 is 0 Å². The van der Waals surface area contributed by atoms with Crippen LogP contribution in [0.4, 0.5) is 0 Å². The smallest absolute Gasteiger partial charge is 0.236 e. The number of thiophene rings is 1. The van der Waals surface area contributed by atoms with E-state index in [1.54, 1.807) is 16.2 Å². The summed E-state index contributed by atoms with van der Waals surface area (Å²) in [4.78, 5) is 17.1. The summed E-state index contributed by atoms with van der Waals surface area (Å²) >= 11 is 1.68. The predicted octanol–water partition coefficient (Wildman–Crippen LogP) is 1.16. The Morgan fingerprint density at radius 2 is 2.44 bits per heavy atom. The lowest BCUT2D eigenvalue weighted by Crippen LogP contribution is -2.38. The third kappa shape index (κ3) is 4.24. The van der Waals surface area contributed by atoms with Gasteiger partial charge in [-0.05, 0) is 17.9 Å². The van der Waals surface area contributed by atoms with Crippen LogP contribution in [0, 0.1) is 0 Å². The summed E-state index contributed by atoms with van der Waals surface area (Å²) in [7, 11) is 1.86. The number of hydrogen-bond acceptors (Lipinski definition) is 4. The lowest BCUT2D eigenvalue weighted by Gasteiger charge is -2.20. The minimum Gasteiger partial charge on any atom is -0.340 e. The van der Waals surface area contributed by atoms with E-state index in [4.69, 9.17) is 5.73 Å². The van der Waals surface area contributed by atoms with Gasteiger partial charge in [0.1, 0.15) is 0 Å². The second-order valence-electron chi connectivity index (χ2n) is 4.61. The molecule has 0 saturated carbocycles. The monoisotopic (exact) mass is 289 g/mol. The Hall–Kier alpha value is -0.620. The van der Waals surface area contributed by atoms with Crippen molar-refractivity contribution in [2.75, 3.05) is 26.7 Å². The zero-order valence-electron chi connectivity index (χ0n) is 10.5. The van der Waals surface area contributed by atoms with Crippen LogP contribution in [0.2, 0.25) is 0 Å². The van der Waals surface area contributed by atoms with Crippen molar-refractivity contribution in [2.24, 2.45) is 5.73 Å². The highest BCUT2D eigenvalue weighted by molar-refractivity contribution is 7.09. The molecule has 2 N–H and O–H groups in total. The summed E-state index contributed by atoms with van der Waals surface area (Å²) in [5.41, 5.74) is 5.82. The van der Waals surface area contributed by atoms with Crippen molar-refractivity contribution in [3.05, 3.63) is 22.4 Å². The molecule has 18 heavy (non-hydrogen) atoms. The van der Waals surface area contributed by atoms with E-state index >= 15 is 0 Å². The van der Waals surface area contributed by atoms with Gasteiger partial charge in [0.15, 0.2) is 0 Å². The number of likely N-dealkylation sites (tertiary alicyclic amines) is 1. The number of halogens is 1. The van der Waals surface area contributed by atoms with Gasteiger partial charge in [0, 0.05) is 31.1 Å². The highest BCUT2D eigenvalue weighted by atomic mass is 35.5. The molecule has 1 amide bonds. The molecule has 0 aliphatic carbocycles. The number of carbonyl (C=O) groups is 1. The fourth-order valence-corrected chi connectivity index (χ4v) is 2.80. The molecule has 1 saturated heterocycles. The van der Waals surface area contributed by atoms with Crippen LogP contribution in [-0.4, -0.2) is 48.4 Å². The Kier molecular flexibility index (Phi) is 6.08. The van der Waals surface area contributed by atoms with Crippen LogP contribution in [0.25, 0.3) is 0 Å². The van der Waals surface area contributed by atoms with Gasteiger partial charge < -0.3 is 10.6 Å². The predicted molar refractivity (Wildman–Crippen MR) is 77.1 cm³/mol. The van der Waals surface area contributed by atoms with E-state index in [1.807, 2.05) is 18.5 Å². The van der Waals surface area contributed by atoms with E-state index in [0.717, 1.165) is 19.5 Å². The Morgan fingerprint density at radius 1 is 1.67 bits per heavy atom. The number of likely N-dealkylation sites (N-methyl/N-ethyl adjacent to an activating group) is 1. The normalized spacial score (nSPS) is 19.6. The van der Waals surface area contributed by atoms with Crippen molar-refractivity contribution in [1.82, 2.24) is 9.80 Å². The molecule has 2 rings (SSSR count). The fraction of sp³-hybridized carbons (Fsp3) is 0.583. The third-order valence-corrected chi connectivity index (χ3v) is 3.93. The van der Waals surface area contributed by atoms with Crippen LogP contribution in [0.5, 0.6) is 0 Å². The summed E-state index contributed by atoms with van der Waals surface area (Å²) < 4.78 is 0. The molecule has 1 aromatic rings. The maximum atomic E-state index is 12.0. The SMILES string of the molecule is CN(Cc1cccs1)C(=O)CN1CC[C@H](N)C1.Cl. The highest BCUT2D eigenvalue weighted by Gasteiger charge is 2.22. The van der Waals surface area contributed by atoms with Gasteiger partial charge in [-0.2, -0.15) is 0 Å². The average Bonchev–Trinajstić information content (AvgIpc) is 2.90. The molecule has 1 aliphatic heterocycles. The van der Waals surface area contributed by atoms with Gasteiger partial charge in [-0.25, -0.2) is 0 Å². The van der Waals surface area contributed by atoms with Gasteiger partial charge in [-0.1, -0.05) is 6.07 Å². The van der Waals surface area contributed by atoms with Crippen molar-refractivity contribution in [3.63, 3.8) is 0 Å². The molecule has 1 aromatic heterocycles. The standard InChI is InChI=1S/C12H19N3OS.ClH/c1-14(8-11-3-2-6-17-11)12(16)9-15-5-4-10(13)7-15;/h2-3,6,10H,4-5,7-9,13H2,1H3;1H/t10-;/m0./s1. The molecule has 0 spiro atoms. The number of hydrogen-bond donors (Lipinski definition) is 1. The second-order valence-corrected chi connectivity index (χ2v) is 5.65. The van der Waals surface area contributed by atoms with Crippen molar-refractivity contribution >= 4 is 29.7 Å². The molecule has 6 heteroatoms. The van der Waals surface area contributed by atoms with Gasteiger partial charge in [-0.15, -0.1) is 23.7 Å². The summed E-state index contributed by atoms with van der Waals surface area (Å²) in [6, 6.07) is 4.31. The number of nitrogens with two attached hydrogens (primary N) is 1. The summed E-state index contributed by atoms with van der Waals surface area (Å²) in [6.45, 7) is 2.99. The van der Waals surface area contributed by atoms with Crippen molar-refractivity contribution < 1.29 is 4.79 Å². The maximum absolute atomic E-state index is 12.0. The van der Waals surface area contributed by atoms with E-state index in [9.17, 15) is 4.79 Å². The first-order chi connectivity index (χ1) is 8.15. The molecule has 4 nitrogen and oxygen atoms in total. The van der Waals surface area contributed by atoms with Crippen LogP contribution in [0.1, 0.15) is 11.3 Å². The Balaban J connectivity index is 0.00000162. The molecule has 0 aromatic carbocycles. The van der Waals surface area contributed by atoms with Crippen LogP contribution < -0.4 is 5.73 Å². The first-order valence-corrected chi connectivity index (χ1v) is 6.77. The molecule has 0 radical (unpaired) electrons. The highest BCUT2D eigenvalue weighted by Crippen LogP contribution is 2.12. The van der Waals surface area contributed by atoms with E-state index in [1.165, 1.54) is 4.88 Å². The minimum absolute atomic E-state index is 0. The van der Waals surface area contributed by atoms with E-state index in [-0.39, 0.29) is 24.4 Å². The second kappa shape index (κ2) is 7.09. The zero-order chi connectivity index (χ0) is 12.3. The summed E-state index contributed by atoms with van der Waals surface area (Å²) in [6.07, 6.45) is 1.00. The Morgan fingerprint density at radius 3 is 3.00 bits per heavy atom. The number of nitrogens with zero attached hydrogens (tertiary/aromatic N) is 2. The van der Waals surface area contributed by atoms with Crippen molar-refractivity contribution in [3.8, 4) is 0 Å². The molecule has 2 heterocycles. The van der Waals surface area contributed by atoms with Gasteiger partial charge in [-0.3, -0.25) is 9.69 Å². The minimum atomic E-state index is 0. The molecule has 1 aliphatic rings. The van der Waals surface area contributed by atoms with Crippen LogP contribution in [0.15, 0.2) is 17.5 Å². The lowest BCUT2D eigenvalue weighted by molar-refractivity contribution is -0.131. The summed E-state index contributed by atoms with van der Waals surface area (Å²) in [5, 5.41) is 2.03. The molecule has 1 fully saturated rings. The van der Waals surface area contributed by atoms with Crippen molar-refractivity contribution in [1.29, 1.82) is 0 Å². The van der Waals surface area contributed by atoms with Crippen LogP contribution >= 0.6 is 23.7 Å². The number of amides is 1. The van der Waals surface area contributed by atoms with Gasteiger partial charge in [0.05, 0.1) is 13.1 Å². The van der Waals surface area contributed by atoms with Gasteiger partial charge >= 0.3 is 0 Å². The van der Waals surface area contributed by atoms with E-state index in [0.29, 0.717) is 13.1 Å². The number of carbonyl (C=O) groups excluding carboxylic acids is 1. The molecule has 102 valence electrons. The molecular formula is C12H20ClN3OS. The molecule has 1 atom stereocenters. The lowest BCUT2D eigenvalue weighted by atomic mass is 10.3. The quantitative estimate of drug-likeness (QED) is 0.905.